The smallest absolute Gasteiger partial charge is 0.322 e. The zero-order chi connectivity index (χ0) is 21.5. The maximum Gasteiger partial charge on any atom is 0.322 e. The lowest BCUT2D eigenvalue weighted by Crippen LogP contribution is -2.14. The molecule has 0 aliphatic heterocycles. The van der Waals surface area contributed by atoms with Gasteiger partial charge in [-0.2, -0.15) is 0 Å². The number of ether oxygens (including phenoxy) is 1. The quantitative estimate of drug-likeness (QED) is 0.542. The largest absolute Gasteiger partial charge is 0.424 e. The molecule has 1 amide bonds. The summed E-state index contributed by atoms with van der Waals surface area (Å²) in [6, 6.07) is 11.2. The molecule has 3 aromatic rings. The van der Waals surface area contributed by atoms with Gasteiger partial charge in [0.15, 0.2) is 0 Å². The summed E-state index contributed by atoms with van der Waals surface area (Å²) in [5.74, 6) is 1.15. The topological polar surface area (TPSA) is 102 Å². The predicted molar refractivity (Wildman–Crippen MR) is 116 cm³/mol. The van der Waals surface area contributed by atoms with Crippen LogP contribution in [0.5, 0.6) is 11.8 Å². The minimum Gasteiger partial charge on any atom is -0.424 e. The number of carbonyl (C=O) groups is 1. The molecule has 2 N–H and O–H groups in total. The maximum absolute atomic E-state index is 12.2. The first-order valence-corrected chi connectivity index (χ1v) is 9.83. The van der Waals surface area contributed by atoms with Crippen LogP contribution in [0.4, 0.5) is 11.6 Å². The first-order valence-electron chi connectivity index (χ1n) is 9.83. The van der Waals surface area contributed by atoms with Crippen molar-refractivity contribution in [3.05, 3.63) is 59.2 Å². The van der Waals surface area contributed by atoms with Crippen molar-refractivity contribution in [1.29, 1.82) is 0 Å². The van der Waals surface area contributed by atoms with Crippen molar-refractivity contribution >= 4 is 17.5 Å². The lowest BCUT2D eigenvalue weighted by molar-refractivity contribution is -0.116. The van der Waals surface area contributed by atoms with E-state index < -0.39 is 0 Å². The number of nitrogens with zero attached hydrogens (tertiary/aromatic N) is 4. The van der Waals surface area contributed by atoms with E-state index in [1.807, 2.05) is 39.8 Å². The fourth-order valence-electron chi connectivity index (χ4n) is 2.93. The number of carbonyl (C=O) groups excluding carboxylic acids is 1. The van der Waals surface area contributed by atoms with E-state index in [-0.39, 0.29) is 5.91 Å². The van der Waals surface area contributed by atoms with E-state index >= 15 is 0 Å². The van der Waals surface area contributed by atoms with E-state index in [0.29, 0.717) is 42.8 Å². The van der Waals surface area contributed by atoms with E-state index in [2.05, 4.69) is 30.6 Å². The Kier molecular flexibility index (Phi) is 6.90. The van der Waals surface area contributed by atoms with Crippen molar-refractivity contribution in [2.75, 3.05) is 17.2 Å². The van der Waals surface area contributed by atoms with Gasteiger partial charge in [-0.25, -0.2) is 19.9 Å². The number of amides is 1. The van der Waals surface area contributed by atoms with Crippen LogP contribution in [0.1, 0.15) is 35.6 Å². The Balaban J connectivity index is 1.43. The van der Waals surface area contributed by atoms with Crippen molar-refractivity contribution in [2.45, 2.75) is 40.5 Å². The molecule has 30 heavy (non-hydrogen) atoms. The van der Waals surface area contributed by atoms with Gasteiger partial charge in [-0.1, -0.05) is 0 Å². The van der Waals surface area contributed by atoms with Gasteiger partial charge in [-0.05, 0) is 70.5 Å². The third kappa shape index (κ3) is 6.51. The molecule has 0 spiro atoms. The first-order chi connectivity index (χ1) is 14.4. The van der Waals surface area contributed by atoms with Gasteiger partial charge in [-0.15, -0.1) is 0 Å². The van der Waals surface area contributed by atoms with E-state index in [9.17, 15) is 4.79 Å². The van der Waals surface area contributed by atoms with Gasteiger partial charge in [0.05, 0.1) is 0 Å². The Labute approximate surface area is 176 Å². The monoisotopic (exact) mass is 406 g/mol. The number of aryl methyl sites for hydroxylation is 4. The molecule has 0 saturated heterocycles. The summed E-state index contributed by atoms with van der Waals surface area (Å²) in [4.78, 5) is 29.3. The van der Waals surface area contributed by atoms with E-state index in [1.54, 1.807) is 24.3 Å². The molecule has 0 fully saturated rings. The third-order valence-electron chi connectivity index (χ3n) is 4.15. The first kappa shape index (κ1) is 21.2. The molecule has 0 saturated carbocycles. The lowest BCUT2D eigenvalue weighted by Gasteiger charge is -2.09. The minimum absolute atomic E-state index is 0.0514. The summed E-state index contributed by atoms with van der Waals surface area (Å²) in [5, 5.41) is 6.04. The zero-order valence-corrected chi connectivity index (χ0v) is 17.7. The number of hydrogen-bond acceptors (Lipinski definition) is 7. The molecular formula is C22H26N6O2. The Morgan fingerprint density at radius 1 is 0.867 bits per heavy atom. The molecule has 0 radical (unpaired) electrons. The van der Waals surface area contributed by atoms with E-state index in [4.69, 9.17) is 4.74 Å². The second kappa shape index (κ2) is 9.78. The van der Waals surface area contributed by atoms with Crippen molar-refractivity contribution in [2.24, 2.45) is 0 Å². The van der Waals surface area contributed by atoms with Crippen LogP contribution >= 0.6 is 0 Å². The normalized spacial score (nSPS) is 10.5. The number of anilines is 2. The Hall–Kier alpha value is -3.55. The summed E-state index contributed by atoms with van der Waals surface area (Å²) in [5.41, 5.74) is 4.23. The molecule has 2 aromatic heterocycles. The van der Waals surface area contributed by atoms with Gasteiger partial charge in [-0.3, -0.25) is 4.79 Å². The fraction of sp³-hybridized carbons (Fsp3) is 0.318. The molecule has 0 unspecified atom stereocenters. The highest BCUT2D eigenvalue weighted by Crippen LogP contribution is 2.21. The SMILES string of the molecule is Cc1cc(C)nc(NCCCC(=O)Nc2ccc(Oc3nc(C)cc(C)n3)cc2)n1. The van der Waals surface area contributed by atoms with Crippen molar-refractivity contribution < 1.29 is 9.53 Å². The molecule has 1 aromatic carbocycles. The molecule has 0 aliphatic carbocycles. The Morgan fingerprint density at radius 3 is 2.03 bits per heavy atom. The third-order valence-corrected chi connectivity index (χ3v) is 4.15. The number of nitrogens with one attached hydrogen (secondary N) is 2. The summed E-state index contributed by atoms with van der Waals surface area (Å²) in [6.07, 6.45) is 1.07. The van der Waals surface area contributed by atoms with E-state index in [0.717, 1.165) is 22.8 Å². The second-order valence-electron chi connectivity index (χ2n) is 7.11. The molecule has 0 atom stereocenters. The van der Waals surface area contributed by atoms with Gasteiger partial charge < -0.3 is 15.4 Å². The highest BCUT2D eigenvalue weighted by molar-refractivity contribution is 5.90. The average Bonchev–Trinajstić information content (AvgIpc) is 2.65. The van der Waals surface area contributed by atoms with Crippen LogP contribution in [0.15, 0.2) is 36.4 Å². The van der Waals surface area contributed by atoms with Gasteiger partial charge in [0, 0.05) is 41.4 Å². The molecule has 156 valence electrons. The lowest BCUT2D eigenvalue weighted by atomic mass is 10.2. The summed E-state index contributed by atoms with van der Waals surface area (Å²) in [6.45, 7) is 8.27. The number of hydrogen-bond donors (Lipinski definition) is 2. The number of rotatable bonds is 8. The van der Waals surface area contributed by atoms with Crippen LogP contribution in [0.2, 0.25) is 0 Å². The average molecular weight is 406 g/mol. The van der Waals surface area contributed by atoms with Crippen LogP contribution in [0, 0.1) is 27.7 Å². The molecular weight excluding hydrogens is 380 g/mol. The highest BCUT2D eigenvalue weighted by atomic mass is 16.5. The minimum atomic E-state index is -0.0514. The van der Waals surface area contributed by atoms with Crippen molar-refractivity contribution in [1.82, 2.24) is 19.9 Å². The molecule has 0 aliphatic rings. The van der Waals surface area contributed by atoms with Crippen molar-refractivity contribution in [3.63, 3.8) is 0 Å². The van der Waals surface area contributed by atoms with Crippen LogP contribution < -0.4 is 15.4 Å². The fourth-order valence-corrected chi connectivity index (χ4v) is 2.93. The molecule has 2 heterocycles. The predicted octanol–water partition coefficient (Wildman–Crippen LogP) is 4.12. The standard InChI is InChI=1S/C22H26N6O2/c1-14-12-15(2)25-21(24-14)23-11-5-6-20(29)28-18-7-9-19(10-8-18)30-22-26-16(3)13-17(4)27-22/h7-10,12-13H,5-6,11H2,1-4H3,(H,28,29)(H,23,24,25). The number of benzene rings is 1. The van der Waals surface area contributed by atoms with Crippen LogP contribution in [-0.2, 0) is 4.79 Å². The number of aromatic nitrogens is 4. The zero-order valence-electron chi connectivity index (χ0n) is 17.7. The maximum atomic E-state index is 12.2. The molecule has 0 bridgehead atoms. The summed E-state index contributed by atoms with van der Waals surface area (Å²) >= 11 is 0. The molecule has 8 nitrogen and oxygen atoms in total. The van der Waals surface area contributed by atoms with Crippen LogP contribution in [0.25, 0.3) is 0 Å². The Bertz CT molecular complexity index is 980. The van der Waals surface area contributed by atoms with Crippen LogP contribution in [0.3, 0.4) is 0 Å². The van der Waals surface area contributed by atoms with E-state index in [1.165, 1.54) is 0 Å². The Morgan fingerprint density at radius 2 is 1.43 bits per heavy atom. The van der Waals surface area contributed by atoms with Crippen molar-refractivity contribution in [3.8, 4) is 11.8 Å². The highest BCUT2D eigenvalue weighted by Gasteiger charge is 2.06. The van der Waals surface area contributed by atoms with Gasteiger partial charge in [0.25, 0.3) is 0 Å². The van der Waals surface area contributed by atoms with Gasteiger partial charge in [0.1, 0.15) is 5.75 Å². The molecule has 3 rings (SSSR count). The summed E-state index contributed by atoms with van der Waals surface area (Å²) < 4.78 is 5.68. The van der Waals surface area contributed by atoms with Crippen LogP contribution in [-0.4, -0.2) is 32.4 Å². The second-order valence-corrected chi connectivity index (χ2v) is 7.11. The summed E-state index contributed by atoms with van der Waals surface area (Å²) in [7, 11) is 0. The molecule has 8 heteroatoms. The van der Waals surface area contributed by atoms with Gasteiger partial charge in [0.2, 0.25) is 11.9 Å². The van der Waals surface area contributed by atoms with Gasteiger partial charge >= 0.3 is 6.01 Å².